The van der Waals surface area contributed by atoms with Gasteiger partial charge in [-0.15, -0.1) is 11.3 Å². The molecule has 0 bridgehead atoms. The second-order valence-corrected chi connectivity index (χ2v) is 13.3. The summed E-state index contributed by atoms with van der Waals surface area (Å²) in [7, 11) is 3.32. The van der Waals surface area contributed by atoms with Crippen LogP contribution in [0.1, 0.15) is 69.0 Å². The molecule has 1 aromatic carbocycles. The molecule has 2 saturated heterocycles. The number of aryl methyl sites for hydroxylation is 1. The van der Waals surface area contributed by atoms with E-state index in [4.69, 9.17) is 14.0 Å². The number of carbonyl (C=O) groups is 2. The molecule has 0 saturated carbocycles. The minimum atomic E-state index is -0.788. The number of amides is 2. The third kappa shape index (κ3) is 7.24. The number of aliphatic hydroxyl groups is 1. The number of methoxy groups -OCH3 is 2. The van der Waals surface area contributed by atoms with E-state index in [0.29, 0.717) is 17.5 Å². The van der Waals surface area contributed by atoms with Crippen LogP contribution < -0.4 is 10.2 Å². The first-order valence-electron chi connectivity index (χ1n) is 15.7. The Morgan fingerprint density at radius 1 is 1.11 bits per heavy atom. The maximum absolute atomic E-state index is 14.1. The molecule has 2 aromatic heterocycles. The molecule has 0 aliphatic carbocycles. The molecule has 244 valence electrons. The van der Waals surface area contributed by atoms with Gasteiger partial charge < -0.3 is 34.2 Å². The van der Waals surface area contributed by atoms with Gasteiger partial charge in [-0.05, 0) is 43.7 Å². The molecule has 3 aromatic rings. The Bertz CT molecular complexity index is 1430. The monoisotopic (exact) mass is 639 g/mol. The predicted molar refractivity (Wildman–Crippen MR) is 172 cm³/mol. The number of rotatable bonds is 11. The molecule has 11 nitrogen and oxygen atoms in total. The number of ether oxygens (including phenoxy) is 2. The van der Waals surface area contributed by atoms with Gasteiger partial charge in [-0.1, -0.05) is 43.3 Å². The summed E-state index contributed by atoms with van der Waals surface area (Å²) in [6.07, 6.45) is 0.935. The Morgan fingerprint density at radius 2 is 1.80 bits per heavy atom. The van der Waals surface area contributed by atoms with E-state index >= 15 is 0 Å². The van der Waals surface area contributed by atoms with E-state index in [1.165, 1.54) is 4.90 Å². The van der Waals surface area contributed by atoms with Crippen LogP contribution >= 0.6 is 11.3 Å². The van der Waals surface area contributed by atoms with Crippen LogP contribution in [0.25, 0.3) is 10.4 Å². The number of nitrogens with zero attached hydrogens (tertiary/aromatic N) is 4. The van der Waals surface area contributed by atoms with Crippen molar-refractivity contribution in [2.75, 3.05) is 38.8 Å². The SMILES string of the molecule is COC(OC)C1CCN(c2cc(C(C(=O)N3CC(O)CC3C(=O)NC(C)c3ccc(-c4scnc4C)cc3)C(C)C)on2)CC1. The van der Waals surface area contributed by atoms with Gasteiger partial charge in [-0.2, -0.15) is 0 Å². The summed E-state index contributed by atoms with van der Waals surface area (Å²) >= 11 is 1.60. The van der Waals surface area contributed by atoms with Crippen LogP contribution in [-0.2, 0) is 19.1 Å². The van der Waals surface area contributed by atoms with Crippen LogP contribution in [0, 0.1) is 18.8 Å². The minimum absolute atomic E-state index is 0.0894. The Labute approximate surface area is 268 Å². The van der Waals surface area contributed by atoms with Crippen LogP contribution in [0.15, 0.2) is 40.4 Å². The fourth-order valence-electron chi connectivity index (χ4n) is 6.57. The summed E-state index contributed by atoms with van der Waals surface area (Å²) in [5.41, 5.74) is 4.85. The molecule has 5 rings (SSSR count). The van der Waals surface area contributed by atoms with Crippen molar-refractivity contribution in [1.29, 1.82) is 0 Å². The van der Waals surface area contributed by atoms with Crippen molar-refractivity contribution in [3.05, 3.63) is 52.9 Å². The van der Waals surface area contributed by atoms with Crippen molar-refractivity contribution in [3.8, 4) is 10.4 Å². The number of aliphatic hydroxyl groups excluding tert-OH is 1. The molecular formula is C33H45N5O6S. The first-order chi connectivity index (χ1) is 21.6. The van der Waals surface area contributed by atoms with Gasteiger partial charge in [0.1, 0.15) is 12.0 Å². The molecule has 2 aliphatic heterocycles. The third-order valence-electron chi connectivity index (χ3n) is 9.11. The van der Waals surface area contributed by atoms with E-state index in [-0.39, 0.29) is 43.0 Å². The number of thiazole rings is 1. The number of hydrogen-bond donors (Lipinski definition) is 2. The lowest BCUT2D eigenvalue weighted by Gasteiger charge is -2.34. The summed E-state index contributed by atoms with van der Waals surface area (Å²) in [6, 6.07) is 8.83. The lowest BCUT2D eigenvalue weighted by Crippen LogP contribution is -2.48. The van der Waals surface area contributed by atoms with Crippen LogP contribution in [-0.4, -0.2) is 84.3 Å². The molecule has 0 spiro atoms. The zero-order chi connectivity index (χ0) is 32.2. The number of aromatic nitrogens is 2. The zero-order valence-electron chi connectivity index (χ0n) is 26.9. The molecule has 2 aliphatic rings. The van der Waals surface area contributed by atoms with Gasteiger partial charge in [0.15, 0.2) is 17.9 Å². The fourth-order valence-corrected chi connectivity index (χ4v) is 7.38. The van der Waals surface area contributed by atoms with Gasteiger partial charge in [-0.3, -0.25) is 9.59 Å². The Hall–Kier alpha value is -3.32. The second-order valence-electron chi connectivity index (χ2n) is 12.5. The molecular weight excluding hydrogens is 594 g/mol. The first kappa shape index (κ1) is 33.1. The minimum Gasteiger partial charge on any atom is -0.391 e. The van der Waals surface area contributed by atoms with Crippen LogP contribution in [0.3, 0.4) is 0 Å². The smallest absolute Gasteiger partial charge is 0.243 e. The summed E-state index contributed by atoms with van der Waals surface area (Å²) in [5, 5.41) is 18.0. The number of hydrogen-bond acceptors (Lipinski definition) is 10. The van der Waals surface area contributed by atoms with E-state index < -0.39 is 18.1 Å². The number of nitrogens with one attached hydrogen (secondary N) is 1. The number of carbonyl (C=O) groups excluding carboxylic acids is 2. The standard InChI is InChI=1S/C33H45N5O6S/c1-19(2)29(27-16-28(36-44-27)37-13-11-24(12-14-37)33(42-5)43-6)32(41)38-17-25(39)15-26(38)31(40)35-20(3)22-7-9-23(10-8-22)30-21(4)34-18-45-30/h7-10,16,18-20,24-26,29,33,39H,11-15,17H2,1-6H3,(H,35,40). The van der Waals surface area contributed by atoms with Gasteiger partial charge in [0, 0.05) is 52.3 Å². The van der Waals surface area contributed by atoms with E-state index in [9.17, 15) is 14.7 Å². The van der Waals surface area contributed by atoms with Crippen molar-refractivity contribution >= 4 is 29.0 Å². The zero-order valence-corrected chi connectivity index (χ0v) is 27.8. The van der Waals surface area contributed by atoms with Crippen molar-refractivity contribution < 1.29 is 28.7 Å². The topological polar surface area (TPSA) is 130 Å². The van der Waals surface area contributed by atoms with Crippen molar-refractivity contribution in [1.82, 2.24) is 20.4 Å². The van der Waals surface area contributed by atoms with Crippen LogP contribution in [0.2, 0.25) is 0 Å². The maximum Gasteiger partial charge on any atom is 0.243 e. The Balaban J connectivity index is 1.25. The quantitative estimate of drug-likeness (QED) is 0.291. The van der Waals surface area contributed by atoms with Crippen molar-refractivity contribution in [2.24, 2.45) is 11.8 Å². The van der Waals surface area contributed by atoms with Gasteiger partial charge in [-0.25, -0.2) is 4.98 Å². The maximum atomic E-state index is 14.1. The van der Waals surface area contributed by atoms with E-state index in [1.807, 2.05) is 63.5 Å². The molecule has 4 unspecified atom stereocenters. The molecule has 2 amide bonds. The highest BCUT2D eigenvalue weighted by molar-refractivity contribution is 7.13. The second kappa shape index (κ2) is 14.4. The molecule has 2 fully saturated rings. The molecule has 4 heterocycles. The van der Waals surface area contributed by atoms with E-state index in [0.717, 1.165) is 47.6 Å². The average Bonchev–Trinajstić information content (AvgIpc) is 3.78. The average molecular weight is 640 g/mol. The third-order valence-corrected chi connectivity index (χ3v) is 10.1. The lowest BCUT2D eigenvalue weighted by atomic mass is 9.91. The normalized spacial score (nSPS) is 20.6. The lowest BCUT2D eigenvalue weighted by molar-refractivity contribution is -0.141. The van der Waals surface area contributed by atoms with Crippen LogP contribution in [0.5, 0.6) is 0 Å². The highest BCUT2D eigenvalue weighted by Crippen LogP contribution is 2.34. The number of anilines is 1. The summed E-state index contributed by atoms with van der Waals surface area (Å²) in [6.45, 7) is 9.44. The number of benzene rings is 1. The molecule has 45 heavy (non-hydrogen) atoms. The largest absolute Gasteiger partial charge is 0.391 e. The first-order valence-corrected chi connectivity index (χ1v) is 16.6. The van der Waals surface area contributed by atoms with Gasteiger partial charge >= 0.3 is 0 Å². The molecule has 0 radical (unpaired) electrons. The molecule has 2 N–H and O–H groups in total. The fraction of sp³-hybridized carbons (Fsp3) is 0.576. The van der Waals surface area contributed by atoms with Crippen LogP contribution in [0.4, 0.5) is 5.82 Å². The predicted octanol–water partition coefficient (Wildman–Crippen LogP) is 4.52. The number of β-amino-alcohol motifs (C(OH)–C–C–N with tert-alkyl or cyclic N) is 1. The van der Waals surface area contributed by atoms with E-state index in [1.54, 1.807) is 25.6 Å². The summed E-state index contributed by atoms with van der Waals surface area (Å²) in [4.78, 5) is 36.7. The van der Waals surface area contributed by atoms with Gasteiger partial charge in [0.2, 0.25) is 11.8 Å². The summed E-state index contributed by atoms with van der Waals surface area (Å²) < 4.78 is 16.7. The molecule has 4 atom stereocenters. The van der Waals surface area contributed by atoms with Gasteiger partial charge in [0.05, 0.1) is 28.2 Å². The highest BCUT2D eigenvalue weighted by atomic mass is 32.1. The number of likely N-dealkylation sites (tertiary alicyclic amines) is 1. The highest BCUT2D eigenvalue weighted by Gasteiger charge is 2.43. The van der Waals surface area contributed by atoms with Crippen molar-refractivity contribution in [2.45, 2.75) is 77.4 Å². The number of piperidine rings is 1. The Kier molecular flexibility index (Phi) is 10.6. The van der Waals surface area contributed by atoms with Crippen molar-refractivity contribution in [3.63, 3.8) is 0 Å². The van der Waals surface area contributed by atoms with E-state index in [2.05, 4.69) is 20.4 Å². The van der Waals surface area contributed by atoms with Gasteiger partial charge in [0.25, 0.3) is 0 Å². The molecule has 12 heteroatoms. The Morgan fingerprint density at radius 3 is 2.40 bits per heavy atom. The summed E-state index contributed by atoms with van der Waals surface area (Å²) in [5.74, 6) is 0.155.